The third kappa shape index (κ3) is 5.01. The molecule has 142 valence electrons. The fourth-order valence-electron chi connectivity index (χ4n) is 2.98. The monoisotopic (exact) mass is 397 g/mol. The molecule has 26 heavy (non-hydrogen) atoms. The van der Waals surface area contributed by atoms with Crippen molar-refractivity contribution in [1.29, 1.82) is 0 Å². The number of anilines is 1. The molecule has 1 aromatic rings. The highest BCUT2D eigenvalue weighted by molar-refractivity contribution is 7.99. The van der Waals surface area contributed by atoms with Crippen molar-refractivity contribution in [3.8, 4) is 0 Å². The Labute approximate surface area is 162 Å². The number of halogens is 1. The van der Waals surface area contributed by atoms with Gasteiger partial charge in [0.15, 0.2) is 5.16 Å². The van der Waals surface area contributed by atoms with Crippen molar-refractivity contribution in [2.75, 3.05) is 30.3 Å². The van der Waals surface area contributed by atoms with E-state index < -0.39 is 0 Å². The molecule has 7 nitrogen and oxygen atoms in total. The quantitative estimate of drug-likeness (QED) is 0.449. The van der Waals surface area contributed by atoms with Crippen molar-refractivity contribution >= 4 is 41.0 Å². The van der Waals surface area contributed by atoms with Crippen LogP contribution < -0.4 is 10.2 Å². The Morgan fingerprint density at radius 2 is 2.12 bits per heavy atom. The number of thioether (sulfide) groups is 1. The van der Waals surface area contributed by atoms with Gasteiger partial charge in [0.2, 0.25) is 11.8 Å². The predicted molar refractivity (Wildman–Crippen MR) is 103 cm³/mol. The summed E-state index contributed by atoms with van der Waals surface area (Å²) in [5.74, 6) is 1.20. The fourth-order valence-corrected chi connectivity index (χ4v) is 3.87. The molecule has 1 saturated heterocycles. The molecule has 0 bridgehead atoms. The van der Waals surface area contributed by atoms with Crippen LogP contribution >= 0.6 is 23.4 Å². The third-order valence-corrected chi connectivity index (χ3v) is 5.55. The fraction of sp³-hybridized carbons (Fsp3) is 0.647. The van der Waals surface area contributed by atoms with Crippen LogP contribution in [0.1, 0.15) is 33.1 Å². The average molecular weight is 398 g/mol. The molecule has 1 saturated carbocycles. The molecule has 2 aliphatic rings. The first-order valence-corrected chi connectivity index (χ1v) is 10.3. The number of hydrogen-bond donors (Lipinski definition) is 1. The van der Waals surface area contributed by atoms with Crippen molar-refractivity contribution in [2.24, 2.45) is 0 Å². The summed E-state index contributed by atoms with van der Waals surface area (Å²) in [4.78, 5) is 36.6. The Morgan fingerprint density at radius 1 is 1.35 bits per heavy atom. The van der Waals surface area contributed by atoms with E-state index in [1.165, 1.54) is 11.8 Å². The molecule has 1 aliphatic heterocycles. The zero-order chi connectivity index (χ0) is 18.7. The first-order chi connectivity index (χ1) is 12.5. The van der Waals surface area contributed by atoms with Crippen LogP contribution in [-0.2, 0) is 9.59 Å². The van der Waals surface area contributed by atoms with E-state index in [0.29, 0.717) is 42.4 Å². The number of rotatable bonds is 6. The second-order valence-corrected chi connectivity index (χ2v) is 8.03. The van der Waals surface area contributed by atoms with Gasteiger partial charge in [-0.15, -0.1) is 0 Å². The number of nitrogens with one attached hydrogen (secondary N) is 1. The SMILES string of the molecule is CCC(=O)N1CCN(c2cc(Cl)nc(SCC(=O)NC3CC3)n2)C[C@H]1C. The summed E-state index contributed by atoms with van der Waals surface area (Å²) in [6, 6.07) is 2.20. The molecule has 1 N–H and O–H groups in total. The standard InChI is InChI=1S/C17H24ClN5O2S/c1-3-16(25)23-7-6-22(9-11(23)2)14-8-13(18)20-17(21-14)26-10-15(24)19-12-4-5-12/h8,11-12H,3-7,9-10H2,1-2H3,(H,19,24)/t11-/m1/s1. The number of amides is 2. The smallest absolute Gasteiger partial charge is 0.230 e. The number of hydrogen-bond acceptors (Lipinski definition) is 6. The maximum absolute atomic E-state index is 12.0. The predicted octanol–water partition coefficient (Wildman–Crippen LogP) is 1.95. The Kier molecular flexibility index (Phi) is 6.24. The molecule has 2 fully saturated rings. The van der Waals surface area contributed by atoms with E-state index in [0.717, 1.165) is 18.7 Å². The van der Waals surface area contributed by atoms with Gasteiger partial charge < -0.3 is 15.1 Å². The molecule has 0 spiro atoms. The van der Waals surface area contributed by atoms with Gasteiger partial charge in [-0.3, -0.25) is 9.59 Å². The van der Waals surface area contributed by atoms with E-state index in [1.807, 2.05) is 18.7 Å². The van der Waals surface area contributed by atoms with Crippen molar-refractivity contribution < 1.29 is 9.59 Å². The number of carbonyl (C=O) groups excluding carboxylic acids is 2. The molecular weight excluding hydrogens is 374 g/mol. The second kappa shape index (κ2) is 8.43. The van der Waals surface area contributed by atoms with Gasteiger partial charge in [-0.05, 0) is 19.8 Å². The summed E-state index contributed by atoms with van der Waals surface area (Å²) < 4.78 is 0. The Morgan fingerprint density at radius 3 is 2.77 bits per heavy atom. The molecule has 3 rings (SSSR count). The van der Waals surface area contributed by atoms with Crippen molar-refractivity contribution in [2.45, 2.75) is 50.4 Å². The lowest BCUT2D eigenvalue weighted by Gasteiger charge is -2.40. The molecule has 0 unspecified atom stereocenters. The summed E-state index contributed by atoms with van der Waals surface area (Å²) in [5.41, 5.74) is 0. The van der Waals surface area contributed by atoms with Gasteiger partial charge in [-0.2, -0.15) is 0 Å². The topological polar surface area (TPSA) is 78.4 Å². The highest BCUT2D eigenvalue weighted by atomic mass is 35.5. The maximum atomic E-state index is 12.0. The molecular formula is C17H24ClN5O2S. The van der Waals surface area contributed by atoms with E-state index >= 15 is 0 Å². The van der Waals surface area contributed by atoms with Crippen LogP contribution in [-0.4, -0.2) is 64.2 Å². The minimum atomic E-state index is 0.00272. The maximum Gasteiger partial charge on any atom is 0.230 e. The second-order valence-electron chi connectivity index (χ2n) is 6.70. The third-order valence-electron chi connectivity index (χ3n) is 4.51. The molecule has 2 amide bonds. The van der Waals surface area contributed by atoms with E-state index in [4.69, 9.17) is 11.6 Å². The molecule has 9 heteroatoms. The highest BCUT2D eigenvalue weighted by Crippen LogP contribution is 2.25. The van der Waals surface area contributed by atoms with Crippen LogP contribution in [0.4, 0.5) is 5.82 Å². The van der Waals surface area contributed by atoms with Crippen LogP contribution in [0.3, 0.4) is 0 Å². The van der Waals surface area contributed by atoms with E-state index in [9.17, 15) is 9.59 Å². The number of piperazine rings is 1. The Hall–Kier alpha value is -1.54. The zero-order valence-corrected chi connectivity index (χ0v) is 16.6. The number of aromatic nitrogens is 2. The zero-order valence-electron chi connectivity index (χ0n) is 15.1. The first-order valence-electron chi connectivity index (χ1n) is 8.97. The van der Waals surface area contributed by atoms with Crippen LogP contribution in [0.25, 0.3) is 0 Å². The van der Waals surface area contributed by atoms with Gasteiger partial charge >= 0.3 is 0 Å². The van der Waals surface area contributed by atoms with Gasteiger partial charge in [0.05, 0.1) is 5.75 Å². The van der Waals surface area contributed by atoms with Crippen LogP contribution in [0.2, 0.25) is 5.15 Å². The van der Waals surface area contributed by atoms with Gasteiger partial charge in [0, 0.05) is 44.2 Å². The van der Waals surface area contributed by atoms with Gasteiger partial charge in [-0.1, -0.05) is 30.3 Å². The summed E-state index contributed by atoms with van der Waals surface area (Å²) in [6.07, 6.45) is 2.66. The van der Waals surface area contributed by atoms with Crippen molar-refractivity contribution in [3.05, 3.63) is 11.2 Å². The van der Waals surface area contributed by atoms with Gasteiger partial charge in [0.1, 0.15) is 11.0 Å². The lowest BCUT2D eigenvalue weighted by molar-refractivity contribution is -0.133. The highest BCUT2D eigenvalue weighted by Gasteiger charge is 2.28. The van der Waals surface area contributed by atoms with E-state index in [1.54, 1.807) is 6.07 Å². The number of carbonyl (C=O) groups is 2. The summed E-state index contributed by atoms with van der Waals surface area (Å²) in [5, 5.41) is 3.81. The van der Waals surface area contributed by atoms with Gasteiger partial charge in [0.25, 0.3) is 0 Å². The Balaban J connectivity index is 1.62. The molecule has 1 aliphatic carbocycles. The molecule has 1 aromatic heterocycles. The number of nitrogens with zero attached hydrogens (tertiary/aromatic N) is 4. The summed E-state index contributed by atoms with van der Waals surface area (Å²) in [7, 11) is 0. The molecule has 0 aromatic carbocycles. The van der Waals surface area contributed by atoms with E-state index in [-0.39, 0.29) is 23.6 Å². The van der Waals surface area contributed by atoms with Gasteiger partial charge in [-0.25, -0.2) is 9.97 Å². The first kappa shape index (κ1) is 19.2. The lowest BCUT2D eigenvalue weighted by atomic mass is 10.1. The van der Waals surface area contributed by atoms with Crippen LogP contribution in [0.15, 0.2) is 11.2 Å². The largest absolute Gasteiger partial charge is 0.353 e. The minimum absolute atomic E-state index is 0.00272. The minimum Gasteiger partial charge on any atom is -0.353 e. The van der Waals surface area contributed by atoms with Crippen molar-refractivity contribution in [1.82, 2.24) is 20.2 Å². The molecule has 1 atom stereocenters. The summed E-state index contributed by atoms with van der Waals surface area (Å²) >= 11 is 7.45. The van der Waals surface area contributed by atoms with Crippen LogP contribution in [0, 0.1) is 0 Å². The van der Waals surface area contributed by atoms with Crippen molar-refractivity contribution in [3.63, 3.8) is 0 Å². The van der Waals surface area contributed by atoms with E-state index in [2.05, 4.69) is 20.2 Å². The molecule has 0 radical (unpaired) electrons. The summed E-state index contributed by atoms with van der Waals surface area (Å²) in [6.45, 7) is 6.00. The Bertz CT molecular complexity index is 685. The lowest BCUT2D eigenvalue weighted by Crippen LogP contribution is -2.54. The molecule has 2 heterocycles. The normalized spacial score (nSPS) is 20.2. The van der Waals surface area contributed by atoms with Crippen LogP contribution in [0.5, 0.6) is 0 Å². The average Bonchev–Trinajstić information content (AvgIpc) is 3.42.